The van der Waals surface area contributed by atoms with Gasteiger partial charge in [-0.15, -0.1) is 0 Å². The Balaban J connectivity index is 1.49. The van der Waals surface area contributed by atoms with E-state index in [9.17, 15) is 0 Å². The molecule has 0 heteroatoms. The van der Waals surface area contributed by atoms with Crippen LogP contribution in [0.15, 0.2) is 170 Å². The molecule has 0 fully saturated rings. The molecule has 0 aliphatic carbocycles. The van der Waals surface area contributed by atoms with E-state index in [4.69, 9.17) is 0 Å². The zero-order chi connectivity index (χ0) is 27.9. The Hall–Kier alpha value is -5.46. The summed E-state index contributed by atoms with van der Waals surface area (Å²) >= 11 is 0. The quantitative estimate of drug-likeness (QED) is 0.198. The lowest BCUT2D eigenvalue weighted by Crippen LogP contribution is -1.92. The summed E-state index contributed by atoms with van der Waals surface area (Å²) in [5.41, 5.74) is 9.96. The van der Waals surface area contributed by atoms with Crippen molar-refractivity contribution in [3.05, 3.63) is 170 Å². The van der Waals surface area contributed by atoms with Gasteiger partial charge < -0.3 is 0 Å². The second-order valence-corrected chi connectivity index (χ2v) is 10.9. The number of rotatable bonds is 4. The topological polar surface area (TPSA) is 0 Å². The van der Waals surface area contributed by atoms with Crippen molar-refractivity contribution in [2.75, 3.05) is 0 Å². The Morgan fingerprint density at radius 2 is 0.643 bits per heavy atom. The largest absolute Gasteiger partial charge is 0.0622 e. The van der Waals surface area contributed by atoms with Crippen LogP contribution < -0.4 is 0 Å². The number of benzene rings is 8. The molecule has 0 aliphatic heterocycles. The van der Waals surface area contributed by atoms with Crippen molar-refractivity contribution < 1.29 is 0 Å². The van der Waals surface area contributed by atoms with Crippen LogP contribution in [0.4, 0.5) is 0 Å². The van der Waals surface area contributed by atoms with Gasteiger partial charge in [-0.25, -0.2) is 0 Å². The monoisotopic (exact) mass is 532 g/mol. The summed E-state index contributed by atoms with van der Waals surface area (Å²) in [7, 11) is 0. The van der Waals surface area contributed by atoms with Gasteiger partial charge in [-0.3, -0.25) is 0 Å². The van der Waals surface area contributed by atoms with Crippen molar-refractivity contribution in [2.45, 2.75) is 0 Å². The lowest BCUT2D eigenvalue weighted by Gasteiger charge is -2.20. The third kappa shape index (κ3) is 4.08. The van der Waals surface area contributed by atoms with E-state index in [0.29, 0.717) is 0 Å². The van der Waals surface area contributed by atoms with Gasteiger partial charge in [0.25, 0.3) is 0 Å². The summed E-state index contributed by atoms with van der Waals surface area (Å²) in [5.74, 6) is 0. The summed E-state index contributed by atoms with van der Waals surface area (Å²) in [4.78, 5) is 0. The SMILES string of the molecule is c1ccc(-c2cc(-c3ccccc3)cc(-c3c4ccccc4c(-c4cccc5ccccc45)c4ccccc34)c2)cc1. The molecular formula is C42H28. The van der Waals surface area contributed by atoms with E-state index < -0.39 is 0 Å². The highest BCUT2D eigenvalue weighted by molar-refractivity contribution is 6.23. The van der Waals surface area contributed by atoms with Crippen LogP contribution in [0.3, 0.4) is 0 Å². The van der Waals surface area contributed by atoms with Crippen LogP contribution >= 0.6 is 0 Å². The fourth-order valence-electron chi connectivity index (χ4n) is 6.54. The fourth-order valence-corrected chi connectivity index (χ4v) is 6.54. The molecule has 0 saturated heterocycles. The minimum atomic E-state index is 1.22. The molecule has 0 N–H and O–H groups in total. The van der Waals surface area contributed by atoms with Crippen molar-refractivity contribution in [1.82, 2.24) is 0 Å². The van der Waals surface area contributed by atoms with Gasteiger partial charge in [0.2, 0.25) is 0 Å². The van der Waals surface area contributed by atoms with Gasteiger partial charge in [-0.1, -0.05) is 152 Å². The molecular weight excluding hydrogens is 504 g/mol. The van der Waals surface area contributed by atoms with Crippen molar-refractivity contribution >= 4 is 32.3 Å². The standard InChI is InChI=1S/C42H28/c1-3-14-29(15-4-1)32-26-33(30-16-5-2-6-17-30)28-34(27-32)41-37-21-9-11-23-39(37)42(40-24-12-10-22-38(40)41)36-25-13-19-31-18-7-8-20-35(31)36/h1-28H. The van der Waals surface area contributed by atoms with Gasteiger partial charge in [0.1, 0.15) is 0 Å². The average molecular weight is 533 g/mol. The summed E-state index contributed by atoms with van der Waals surface area (Å²) < 4.78 is 0. The first-order valence-corrected chi connectivity index (χ1v) is 14.5. The summed E-state index contributed by atoms with van der Waals surface area (Å²) in [6, 6.07) is 61.8. The predicted octanol–water partition coefficient (Wildman–Crippen LogP) is 11.8. The first-order chi connectivity index (χ1) is 20.8. The van der Waals surface area contributed by atoms with E-state index in [1.807, 2.05) is 0 Å². The van der Waals surface area contributed by atoms with Gasteiger partial charge in [0, 0.05) is 0 Å². The molecule has 0 heterocycles. The van der Waals surface area contributed by atoms with E-state index in [1.54, 1.807) is 0 Å². The van der Waals surface area contributed by atoms with Gasteiger partial charge >= 0.3 is 0 Å². The van der Waals surface area contributed by atoms with E-state index in [-0.39, 0.29) is 0 Å². The van der Waals surface area contributed by atoms with Crippen LogP contribution in [0.25, 0.3) is 76.8 Å². The zero-order valence-electron chi connectivity index (χ0n) is 23.2. The zero-order valence-corrected chi connectivity index (χ0v) is 23.2. The first-order valence-electron chi connectivity index (χ1n) is 14.5. The van der Waals surface area contributed by atoms with E-state index in [0.717, 1.165) is 0 Å². The van der Waals surface area contributed by atoms with E-state index >= 15 is 0 Å². The van der Waals surface area contributed by atoms with Crippen molar-refractivity contribution in [3.63, 3.8) is 0 Å². The number of hydrogen-bond acceptors (Lipinski definition) is 0. The fraction of sp³-hybridized carbons (Fsp3) is 0. The van der Waals surface area contributed by atoms with Crippen LogP contribution in [0.1, 0.15) is 0 Å². The maximum atomic E-state index is 2.37. The number of hydrogen-bond donors (Lipinski definition) is 0. The lowest BCUT2D eigenvalue weighted by atomic mass is 9.83. The van der Waals surface area contributed by atoms with Crippen LogP contribution in [-0.2, 0) is 0 Å². The molecule has 0 spiro atoms. The van der Waals surface area contributed by atoms with Crippen LogP contribution in [-0.4, -0.2) is 0 Å². The smallest absolute Gasteiger partial charge is 0.00201 e. The second-order valence-electron chi connectivity index (χ2n) is 10.9. The Kier molecular flexibility index (Phi) is 5.90. The Morgan fingerprint density at radius 1 is 0.238 bits per heavy atom. The molecule has 0 atom stereocenters. The highest BCUT2D eigenvalue weighted by Gasteiger charge is 2.19. The van der Waals surface area contributed by atoms with E-state index in [2.05, 4.69) is 170 Å². The first kappa shape index (κ1) is 24.3. The Morgan fingerprint density at radius 3 is 1.19 bits per heavy atom. The van der Waals surface area contributed by atoms with E-state index in [1.165, 1.54) is 76.8 Å². The van der Waals surface area contributed by atoms with Crippen LogP contribution in [0, 0.1) is 0 Å². The normalized spacial score (nSPS) is 11.3. The highest BCUT2D eigenvalue weighted by atomic mass is 14.2. The third-order valence-corrected chi connectivity index (χ3v) is 8.43. The molecule has 0 bridgehead atoms. The van der Waals surface area contributed by atoms with Crippen molar-refractivity contribution in [3.8, 4) is 44.5 Å². The molecule has 8 rings (SSSR count). The van der Waals surface area contributed by atoms with Crippen molar-refractivity contribution in [1.29, 1.82) is 0 Å². The highest BCUT2D eigenvalue weighted by Crippen LogP contribution is 2.46. The van der Waals surface area contributed by atoms with Crippen molar-refractivity contribution in [2.24, 2.45) is 0 Å². The third-order valence-electron chi connectivity index (χ3n) is 8.43. The number of fused-ring (bicyclic) bond motifs is 3. The molecule has 0 saturated carbocycles. The molecule has 0 unspecified atom stereocenters. The average Bonchev–Trinajstić information content (AvgIpc) is 3.07. The predicted molar refractivity (Wildman–Crippen MR) is 181 cm³/mol. The van der Waals surface area contributed by atoms with Gasteiger partial charge in [0.05, 0.1) is 0 Å². The molecule has 8 aromatic carbocycles. The summed E-state index contributed by atoms with van der Waals surface area (Å²) in [6.07, 6.45) is 0. The minimum absolute atomic E-state index is 1.22. The van der Waals surface area contributed by atoms with Crippen LogP contribution in [0.2, 0.25) is 0 Å². The second kappa shape index (κ2) is 10.2. The molecule has 0 radical (unpaired) electrons. The molecule has 42 heavy (non-hydrogen) atoms. The minimum Gasteiger partial charge on any atom is -0.0622 e. The molecule has 0 aliphatic rings. The maximum absolute atomic E-state index is 2.37. The van der Waals surface area contributed by atoms with Gasteiger partial charge in [-0.05, 0) is 95.0 Å². The van der Waals surface area contributed by atoms with Gasteiger partial charge in [-0.2, -0.15) is 0 Å². The maximum Gasteiger partial charge on any atom is -0.00201 e. The summed E-state index contributed by atoms with van der Waals surface area (Å²) in [6.45, 7) is 0. The Labute approximate surface area is 246 Å². The molecule has 0 aromatic heterocycles. The van der Waals surface area contributed by atoms with Crippen LogP contribution in [0.5, 0.6) is 0 Å². The van der Waals surface area contributed by atoms with Gasteiger partial charge in [0.15, 0.2) is 0 Å². The molecule has 0 nitrogen and oxygen atoms in total. The molecule has 196 valence electrons. The molecule has 8 aromatic rings. The lowest BCUT2D eigenvalue weighted by molar-refractivity contribution is 1.58. The molecule has 0 amide bonds. The Bertz CT molecular complexity index is 2100. The summed E-state index contributed by atoms with van der Waals surface area (Å²) in [5, 5.41) is 7.62.